The third-order valence-electron chi connectivity index (χ3n) is 7.11. The summed E-state index contributed by atoms with van der Waals surface area (Å²) in [5.41, 5.74) is 4.60. The van der Waals surface area contributed by atoms with E-state index in [0.717, 1.165) is 43.9 Å². The quantitative estimate of drug-likeness (QED) is 0.401. The van der Waals surface area contributed by atoms with Crippen molar-refractivity contribution in [3.05, 3.63) is 88.0 Å². The number of aryl methyl sites for hydroxylation is 3. The molecule has 2 aromatic carbocycles. The van der Waals surface area contributed by atoms with E-state index in [2.05, 4.69) is 39.6 Å². The fourth-order valence-electron chi connectivity index (χ4n) is 5.13. The van der Waals surface area contributed by atoms with Gasteiger partial charge < -0.3 is 5.32 Å². The van der Waals surface area contributed by atoms with E-state index < -0.39 is 0 Å². The lowest BCUT2D eigenvalue weighted by atomic mass is 10.0. The summed E-state index contributed by atoms with van der Waals surface area (Å²) in [5.74, 6) is -0.0254. The first kappa shape index (κ1) is 24.9. The number of carbonyl (C=O) groups excluding carboxylic acids is 1. The van der Waals surface area contributed by atoms with Crippen LogP contribution in [0.5, 0.6) is 0 Å². The molecule has 0 bridgehead atoms. The highest BCUT2D eigenvalue weighted by atomic mass is 16.1. The first-order valence-electron chi connectivity index (χ1n) is 13.1. The predicted octanol–water partition coefficient (Wildman–Crippen LogP) is 3.62. The van der Waals surface area contributed by atoms with Crippen LogP contribution in [-0.2, 0) is 24.3 Å². The lowest BCUT2D eigenvalue weighted by molar-refractivity contribution is -0.122. The zero-order chi connectivity index (χ0) is 25.8. The van der Waals surface area contributed by atoms with E-state index in [0.29, 0.717) is 29.8 Å². The van der Waals surface area contributed by atoms with Crippen molar-refractivity contribution in [3.8, 4) is 5.69 Å². The first-order chi connectivity index (χ1) is 18.0. The van der Waals surface area contributed by atoms with E-state index in [4.69, 9.17) is 4.98 Å². The van der Waals surface area contributed by atoms with Crippen molar-refractivity contribution in [2.75, 3.05) is 13.1 Å². The van der Waals surface area contributed by atoms with Gasteiger partial charge in [0.15, 0.2) is 5.65 Å². The Hall–Kier alpha value is -3.78. The van der Waals surface area contributed by atoms with Crippen molar-refractivity contribution in [3.63, 3.8) is 0 Å². The monoisotopic (exact) mass is 498 g/mol. The van der Waals surface area contributed by atoms with Crippen LogP contribution < -0.4 is 10.9 Å². The molecule has 5 rings (SSSR count). The summed E-state index contributed by atoms with van der Waals surface area (Å²) in [4.78, 5) is 33.2. The summed E-state index contributed by atoms with van der Waals surface area (Å²) < 4.78 is 3.49. The Kier molecular flexibility index (Phi) is 7.46. The Morgan fingerprint density at radius 3 is 2.38 bits per heavy atom. The van der Waals surface area contributed by atoms with Gasteiger partial charge in [0.05, 0.1) is 11.4 Å². The molecule has 8 nitrogen and oxygen atoms in total. The molecule has 2 aromatic heterocycles. The van der Waals surface area contributed by atoms with E-state index in [1.54, 1.807) is 9.25 Å². The molecule has 192 valence electrons. The number of aromatic nitrogens is 4. The molecule has 4 aromatic rings. The number of rotatable bonds is 8. The van der Waals surface area contributed by atoms with Crippen LogP contribution in [0.3, 0.4) is 0 Å². The minimum absolute atomic E-state index is 0.0254. The van der Waals surface area contributed by atoms with Gasteiger partial charge in [0.25, 0.3) is 5.56 Å². The summed E-state index contributed by atoms with van der Waals surface area (Å²) in [5, 5.41) is 7.84. The van der Waals surface area contributed by atoms with Crippen LogP contribution in [0.25, 0.3) is 16.9 Å². The molecule has 1 aliphatic heterocycles. The van der Waals surface area contributed by atoms with Crippen LogP contribution in [0.2, 0.25) is 0 Å². The lowest BCUT2D eigenvalue weighted by Gasteiger charge is -2.32. The first-order valence-corrected chi connectivity index (χ1v) is 13.1. The van der Waals surface area contributed by atoms with E-state index >= 15 is 0 Å². The summed E-state index contributed by atoms with van der Waals surface area (Å²) >= 11 is 0. The van der Waals surface area contributed by atoms with Gasteiger partial charge >= 0.3 is 0 Å². The molecule has 0 spiro atoms. The molecule has 37 heavy (non-hydrogen) atoms. The average molecular weight is 499 g/mol. The highest BCUT2D eigenvalue weighted by Gasteiger charge is 2.22. The van der Waals surface area contributed by atoms with Gasteiger partial charge in [-0.3, -0.25) is 19.1 Å². The fraction of sp³-hybridized carbons (Fsp3) is 0.379. The molecule has 0 unspecified atom stereocenters. The number of nitrogens with one attached hydrogen (secondary N) is 1. The van der Waals surface area contributed by atoms with Gasteiger partial charge in [-0.2, -0.15) is 5.10 Å². The zero-order valence-corrected chi connectivity index (χ0v) is 21.6. The van der Waals surface area contributed by atoms with Gasteiger partial charge in [-0.05, 0) is 44.4 Å². The molecule has 1 N–H and O–H groups in total. The van der Waals surface area contributed by atoms with Gasteiger partial charge in [-0.25, -0.2) is 9.67 Å². The van der Waals surface area contributed by atoms with E-state index in [-0.39, 0.29) is 23.9 Å². The van der Waals surface area contributed by atoms with Crippen LogP contribution in [0.15, 0.2) is 65.5 Å². The number of carbonyl (C=O) groups is 1. The van der Waals surface area contributed by atoms with Crippen molar-refractivity contribution in [1.29, 1.82) is 0 Å². The number of likely N-dealkylation sites (tertiary alicyclic amines) is 1. The van der Waals surface area contributed by atoms with Crippen molar-refractivity contribution >= 4 is 17.1 Å². The molecule has 1 saturated heterocycles. The number of amides is 1. The Morgan fingerprint density at radius 1 is 1.03 bits per heavy atom. The second-order valence-electron chi connectivity index (χ2n) is 9.72. The van der Waals surface area contributed by atoms with Gasteiger partial charge in [-0.15, -0.1) is 0 Å². The second-order valence-corrected chi connectivity index (χ2v) is 9.72. The van der Waals surface area contributed by atoms with E-state index in [1.165, 1.54) is 5.56 Å². The Morgan fingerprint density at radius 2 is 1.70 bits per heavy atom. The molecule has 1 fully saturated rings. The normalized spacial score (nSPS) is 14.8. The van der Waals surface area contributed by atoms with Crippen LogP contribution in [-0.4, -0.2) is 49.3 Å². The largest absolute Gasteiger partial charge is 0.353 e. The molecule has 3 heterocycles. The second kappa shape index (κ2) is 11.1. The topological polar surface area (TPSA) is 85.1 Å². The van der Waals surface area contributed by atoms with Crippen LogP contribution in [0.4, 0.5) is 0 Å². The fourth-order valence-corrected chi connectivity index (χ4v) is 5.13. The number of hydrogen-bond acceptors (Lipinski definition) is 5. The molecular formula is C29H34N6O2. The Bertz CT molecular complexity index is 1420. The summed E-state index contributed by atoms with van der Waals surface area (Å²) in [6.45, 7) is 7.21. The molecule has 1 amide bonds. The van der Waals surface area contributed by atoms with E-state index in [9.17, 15) is 9.59 Å². The smallest absolute Gasteiger partial charge is 0.273 e. The summed E-state index contributed by atoms with van der Waals surface area (Å²) in [6.07, 6.45) is 2.42. The van der Waals surface area contributed by atoms with Crippen molar-refractivity contribution in [1.82, 2.24) is 29.5 Å². The average Bonchev–Trinajstić information content (AvgIpc) is 3.25. The number of nitrogens with zero attached hydrogens (tertiary/aromatic N) is 5. The van der Waals surface area contributed by atoms with Gasteiger partial charge in [0, 0.05) is 45.1 Å². The number of benzene rings is 2. The summed E-state index contributed by atoms with van der Waals surface area (Å²) in [6, 6.07) is 20.4. The van der Waals surface area contributed by atoms with Gasteiger partial charge in [-0.1, -0.05) is 48.5 Å². The van der Waals surface area contributed by atoms with Gasteiger partial charge in [0.2, 0.25) is 5.91 Å². The zero-order valence-electron chi connectivity index (χ0n) is 21.6. The van der Waals surface area contributed by atoms with Crippen LogP contribution in [0.1, 0.15) is 43.1 Å². The Balaban J connectivity index is 1.23. The lowest BCUT2D eigenvalue weighted by Crippen LogP contribution is -2.44. The standard InChI is InChI=1S/C29H34N6O2/c1-3-34-28-27(21(2)32-35(28)24-12-8-5-9-13-24)31-25(29(34)37)14-15-26(36)30-23-16-18-33(19-17-23)20-22-10-6-4-7-11-22/h4-13,23H,3,14-20H2,1-2H3,(H,30,36). The maximum absolute atomic E-state index is 13.3. The number of fused-ring (bicyclic) bond motifs is 1. The number of piperidine rings is 1. The molecule has 8 heteroatoms. The highest BCUT2D eigenvalue weighted by Crippen LogP contribution is 2.20. The number of hydrogen-bond donors (Lipinski definition) is 1. The van der Waals surface area contributed by atoms with Crippen molar-refractivity contribution < 1.29 is 4.79 Å². The molecule has 0 aliphatic carbocycles. The molecule has 0 saturated carbocycles. The molecule has 0 atom stereocenters. The predicted molar refractivity (Wildman–Crippen MR) is 145 cm³/mol. The van der Waals surface area contributed by atoms with Crippen molar-refractivity contribution in [2.24, 2.45) is 0 Å². The highest BCUT2D eigenvalue weighted by molar-refractivity contribution is 5.77. The molecule has 1 aliphatic rings. The van der Waals surface area contributed by atoms with Crippen molar-refractivity contribution in [2.45, 2.75) is 58.7 Å². The molecular weight excluding hydrogens is 464 g/mol. The minimum atomic E-state index is -0.158. The summed E-state index contributed by atoms with van der Waals surface area (Å²) in [7, 11) is 0. The molecule has 0 radical (unpaired) electrons. The van der Waals surface area contributed by atoms with Gasteiger partial charge in [0.1, 0.15) is 11.2 Å². The third-order valence-corrected chi connectivity index (χ3v) is 7.11. The Labute approximate surface area is 216 Å². The minimum Gasteiger partial charge on any atom is -0.353 e. The van der Waals surface area contributed by atoms with Crippen LogP contribution in [0, 0.1) is 6.92 Å². The maximum Gasteiger partial charge on any atom is 0.273 e. The number of para-hydroxylation sites is 1. The SMILES string of the molecule is CCn1c(=O)c(CCC(=O)NC2CCN(Cc3ccccc3)CC2)nc2c(C)nn(-c3ccccc3)c21. The van der Waals surface area contributed by atoms with Crippen LogP contribution >= 0.6 is 0 Å². The third kappa shape index (κ3) is 5.49. The maximum atomic E-state index is 13.3. The van der Waals surface area contributed by atoms with E-state index in [1.807, 2.05) is 50.2 Å².